The van der Waals surface area contributed by atoms with E-state index in [1.165, 1.54) is 0 Å². The van der Waals surface area contributed by atoms with E-state index in [0.29, 0.717) is 6.54 Å². The molecule has 3 aromatic rings. The fraction of sp³-hybridized carbons (Fsp3) is 0.143. The van der Waals surface area contributed by atoms with Crippen LogP contribution in [0.5, 0.6) is 5.75 Å². The van der Waals surface area contributed by atoms with Gasteiger partial charge in [0.1, 0.15) is 11.3 Å². The molecule has 5 heteroatoms. The van der Waals surface area contributed by atoms with Crippen molar-refractivity contribution in [3.63, 3.8) is 0 Å². The summed E-state index contributed by atoms with van der Waals surface area (Å²) in [6.07, 6.45) is 1.50. The minimum absolute atomic E-state index is 0.105. The van der Waals surface area contributed by atoms with E-state index in [4.69, 9.17) is 4.74 Å². The molecule has 0 saturated heterocycles. The zero-order valence-electron chi connectivity index (χ0n) is 10.0. The predicted octanol–water partition coefficient (Wildman–Crippen LogP) is 1.86. The van der Waals surface area contributed by atoms with Crippen molar-refractivity contribution in [1.82, 2.24) is 14.5 Å². The molecule has 5 nitrogen and oxygen atoms in total. The maximum atomic E-state index is 12.0. The summed E-state index contributed by atoms with van der Waals surface area (Å²) in [6.45, 7) is 0.479. The summed E-state index contributed by atoms with van der Waals surface area (Å²) in [6, 6.07) is 11.3. The normalized spacial score (nSPS) is 17.4. The molecule has 1 atom stereocenters. The fourth-order valence-corrected chi connectivity index (χ4v) is 2.53. The number of aromatic nitrogens is 3. The molecule has 2 aromatic heterocycles. The van der Waals surface area contributed by atoms with Crippen LogP contribution in [-0.2, 0) is 6.54 Å². The van der Waals surface area contributed by atoms with E-state index < -0.39 is 0 Å². The average molecular weight is 253 g/mol. The van der Waals surface area contributed by atoms with Crippen LogP contribution < -0.4 is 10.4 Å². The Morgan fingerprint density at radius 1 is 1.26 bits per heavy atom. The summed E-state index contributed by atoms with van der Waals surface area (Å²) in [5, 5.41) is 0. The number of rotatable bonds is 1. The maximum Gasteiger partial charge on any atom is 0.326 e. The van der Waals surface area contributed by atoms with Crippen molar-refractivity contribution < 1.29 is 4.74 Å². The fourth-order valence-electron chi connectivity index (χ4n) is 2.53. The SMILES string of the molecule is O=c1[nH]c2cccc3c2n1CC(c1ccccn1)O3. The highest BCUT2D eigenvalue weighted by Crippen LogP contribution is 2.33. The van der Waals surface area contributed by atoms with E-state index in [1.807, 2.05) is 36.4 Å². The monoisotopic (exact) mass is 253 g/mol. The maximum absolute atomic E-state index is 12.0. The van der Waals surface area contributed by atoms with Crippen molar-refractivity contribution in [2.45, 2.75) is 12.6 Å². The van der Waals surface area contributed by atoms with E-state index in [2.05, 4.69) is 9.97 Å². The number of nitrogens with zero attached hydrogens (tertiary/aromatic N) is 2. The van der Waals surface area contributed by atoms with Crippen LogP contribution in [0.25, 0.3) is 11.0 Å². The molecule has 3 heterocycles. The Hall–Kier alpha value is -2.56. The minimum atomic E-state index is -0.229. The quantitative estimate of drug-likeness (QED) is 0.720. The van der Waals surface area contributed by atoms with Gasteiger partial charge in [0.25, 0.3) is 0 Å². The lowest BCUT2D eigenvalue weighted by atomic mass is 10.2. The summed E-state index contributed by atoms with van der Waals surface area (Å²) in [5.74, 6) is 0.720. The largest absolute Gasteiger partial charge is 0.480 e. The van der Waals surface area contributed by atoms with Crippen LogP contribution in [0.1, 0.15) is 11.8 Å². The Labute approximate surface area is 108 Å². The van der Waals surface area contributed by atoms with Crippen molar-refractivity contribution in [2.75, 3.05) is 0 Å². The number of hydrogen-bond donors (Lipinski definition) is 1. The summed E-state index contributed by atoms with van der Waals surface area (Å²) < 4.78 is 7.68. The third-order valence-electron chi connectivity index (χ3n) is 3.39. The molecule has 1 unspecified atom stereocenters. The molecule has 0 aliphatic carbocycles. The molecular weight excluding hydrogens is 242 g/mol. The first-order valence-electron chi connectivity index (χ1n) is 6.12. The minimum Gasteiger partial charge on any atom is -0.480 e. The van der Waals surface area contributed by atoms with Gasteiger partial charge in [0.05, 0.1) is 17.8 Å². The number of imidazole rings is 1. The number of nitrogens with one attached hydrogen (secondary N) is 1. The highest BCUT2D eigenvalue weighted by atomic mass is 16.5. The molecule has 4 rings (SSSR count). The van der Waals surface area contributed by atoms with Crippen molar-refractivity contribution in [3.05, 3.63) is 58.8 Å². The number of aromatic amines is 1. The third-order valence-corrected chi connectivity index (χ3v) is 3.39. The van der Waals surface area contributed by atoms with Gasteiger partial charge in [-0.1, -0.05) is 12.1 Å². The van der Waals surface area contributed by atoms with Gasteiger partial charge in [-0.2, -0.15) is 0 Å². The van der Waals surface area contributed by atoms with Crippen LogP contribution >= 0.6 is 0 Å². The Kier molecular flexibility index (Phi) is 2.03. The van der Waals surface area contributed by atoms with E-state index in [-0.39, 0.29) is 11.8 Å². The smallest absolute Gasteiger partial charge is 0.326 e. The zero-order chi connectivity index (χ0) is 12.8. The molecular formula is C14H11N3O2. The first-order chi connectivity index (χ1) is 9.33. The highest BCUT2D eigenvalue weighted by Gasteiger charge is 2.25. The van der Waals surface area contributed by atoms with Crippen molar-refractivity contribution in [3.8, 4) is 5.75 Å². The number of H-pyrrole nitrogens is 1. The van der Waals surface area contributed by atoms with Gasteiger partial charge >= 0.3 is 5.69 Å². The van der Waals surface area contributed by atoms with Crippen LogP contribution in [0, 0.1) is 0 Å². The number of hydrogen-bond acceptors (Lipinski definition) is 3. The second-order valence-corrected chi connectivity index (χ2v) is 4.55. The molecule has 1 aliphatic rings. The molecule has 0 fully saturated rings. The van der Waals surface area contributed by atoms with Crippen molar-refractivity contribution >= 4 is 11.0 Å². The molecule has 0 radical (unpaired) electrons. The van der Waals surface area contributed by atoms with Crippen molar-refractivity contribution in [1.29, 1.82) is 0 Å². The standard InChI is InChI=1S/C14H11N3O2/c18-14-16-10-5-3-6-11-13(10)17(14)8-12(19-11)9-4-1-2-7-15-9/h1-7,12H,8H2,(H,16,18). The Morgan fingerprint density at radius 3 is 3.05 bits per heavy atom. The second-order valence-electron chi connectivity index (χ2n) is 4.55. The molecule has 1 N–H and O–H groups in total. The van der Waals surface area contributed by atoms with E-state index in [0.717, 1.165) is 22.5 Å². The van der Waals surface area contributed by atoms with E-state index >= 15 is 0 Å². The summed E-state index contributed by atoms with van der Waals surface area (Å²) >= 11 is 0. The van der Waals surface area contributed by atoms with Crippen LogP contribution in [0.4, 0.5) is 0 Å². The first kappa shape index (κ1) is 10.4. The number of benzene rings is 1. The van der Waals surface area contributed by atoms with Gasteiger partial charge in [-0.3, -0.25) is 9.55 Å². The summed E-state index contributed by atoms with van der Waals surface area (Å²) in [5.41, 5.74) is 2.37. The van der Waals surface area contributed by atoms with Gasteiger partial charge < -0.3 is 9.72 Å². The Morgan fingerprint density at radius 2 is 2.21 bits per heavy atom. The van der Waals surface area contributed by atoms with Gasteiger partial charge in [-0.25, -0.2) is 4.79 Å². The lowest BCUT2D eigenvalue weighted by Crippen LogP contribution is -2.27. The predicted molar refractivity (Wildman–Crippen MR) is 70.2 cm³/mol. The second kappa shape index (κ2) is 3.71. The summed E-state index contributed by atoms with van der Waals surface area (Å²) in [7, 11) is 0. The molecule has 0 bridgehead atoms. The van der Waals surface area contributed by atoms with Gasteiger partial charge in [-0.15, -0.1) is 0 Å². The Bertz CT molecular complexity index is 804. The topological polar surface area (TPSA) is 59.9 Å². The average Bonchev–Trinajstić information content (AvgIpc) is 2.78. The summed E-state index contributed by atoms with van der Waals surface area (Å²) in [4.78, 5) is 19.1. The number of ether oxygens (including phenoxy) is 1. The van der Waals surface area contributed by atoms with E-state index in [1.54, 1.807) is 10.8 Å². The molecule has 1 aromatic carbocycles. The van der Waals surface area contributed by atoms with Gasteiger partial charge in [0.15, 0.2) is 6.10 Å². The van der Waals surface area contributed by atoms with Crippen LogP contribution in [0.3, 0.4) is 0 Å². The zero-order valence-corrected chi connectivity index (χ0v) is 10.0. The van der Waals surface area contributed by atoms with Crippen LogP contribution in [-0.4, -0.2) is 14.5 Å². The third kappa shape index (κ3) is 1.48. The molecule has 0 spiro atoms. The van der Waals surface area contributed by atoms with Crippen molar-refractivity contribution in [2.24, 2.45) is 0 Å². The van der Waals surface area contributed by atoms with Gasteiger partial charge in [-0.05, 0) is 24.3 Å². The molecule has 94 valence electrons. The molecule has 0 amide bonds. The van der Waals surface area contributed by atoms with E-state index in [9.17, 15) is 4.79 Å². The van der Waals surface area contributed by atoms with Crippen LogP contribution in [0.2, 0.25) is 0 Å². The molecule has 19 heavy (non-hydrogen) atoms. The lowest BCUT2D eigenvalue weighted by molar-refractivity contribution is 0.168. The lowest BCUT2D eigenvalue weighted by Gasteiger charge is -2.24. The Balaban J connectivity index is 1.89. The van der Waals surface area contributed by atoms with Gasteiger partial charge in [0, 0.05) is 6.20 Å². The first-order valence-corrected chi connectivity index (χ1v) is 6.12. The molecule has 1 aliphatic heterocycles. The van der Waals surface area contributed by atoms with Gasteiger partial charge in [0.2, 0.25) is 0 Å². The number of pyridine rings is 1. The highest BCUT2D eigenvalue weighted by molar-refractivity contribution is 5.82. The van der Waals surface area contributed by atoms with Crippen LogP contribution in [0.15, 0.2) is 47.4 Å². The molecule has 0 saturated carbocycles. The number of para-hydroxylation sites is 1.